The van der Waals surface area contributed by atoms with E-state index in [0.717, 1.165) is 16.7 Å². The highest BCUT2D eigenvalue weighted by Gasteiger charge is 2.25. The molecule has 170 valence electrons. The van der Waals surface area contributed by atoms with Crippen LogP contribution in [0.4, 0.5) is 5.69 Å². The quantitative estimate of drug-likeness (QED) is 0.474. The molecule has 3 rings (SSSR count). The van der Waals surface area contributed by atoms with Gasteiger partial charge in [-0.25, -0.2) is 0 Å². The standard InChI is InChI=1S/C24H29N3O5/c1-16-14-20(18(3)32-23-9-7-6-8-22(23)27(29)30)17(2)21(15-16)24(28)25(5)19(4)26-10-12-31-13-11-26/h6-9,14-15,18H,4,10-13H2,1-3,5H3. The first-order valence-electron chi connectivity index (χ1n) is 10.5. The molecule has 0 saturated carbocycles. The highest BCUT2D eigenvalue weighted by Crippen LogP contribution is 2.33. The number of nitrogens with zero attached hydrogens (tertiary/aromatic N) is 3. The first-order valence-corrected chi connectivity index (χ1v) is 10.5. The van der Waals surface area contributed by atoms with Crippen molar-refractivity contribution in [3.05, 3.63) is 81.2 Å². The summed E-state index contributed by atoms with van der Waals surface area (Å²) in [7, 11) is 1.72. The summed E-state index contributed by atoms with van der Waals surface area (Å²) in [4.78, 5) is 27.8. The maximum absolute atomic E-state index is 13.4. The number of para-hydroxylation sites is 2. The van der Waals surface area contributed by atoms with E-state index in [0.29, 0.717) is 37.7 Å². The summed E-state index contributed by atoms with van der Waals surface area (Å²) in [6, 6.07) is 10.1. The van der Waals surface area contributed by atoms with Gasteiger partial charge in [-0.3, -0.25) is 19.8 Å². The highest BCUT2D eigenvalue weighted by molar-refractivity contribution is 5.97. The average molecular weight is 440 g/mol. The lowest BCUT2D eigenvalue weighted by atomic mass is 9.95. The number of nitro benzene ring substituents is 1. The van der Waals surface area contributed by atoms with E-state index < -0.39 is 11.0 Å². The normalized spacial score (nSPS) is 14.6. The van der Waals surface area contributed by atoms with Crippen LogP contribution in [0.3, 0.4) is 0 Å². The Morgan fingerprint density at radius 3 is 2.56 bits per heavy atom. The minimum atomic E-state index is -0.490. The van der Waals surface area contributed by atoms with Gasteiger partial charge in [0.2, 0.25) is 0 Å². The minimum Gasteiger partial charge on any atom is -0.479 e. The van der Waals surface area contributed by atoms with Gasteiger partial charge in [0.15, 0.2) is 5.75 Å². The zero-order chi connectivity index (χ0) is 23.4. The fourth-order valence-corrected chi connectivity index (χ4v) is 3.82. The van der Waals surface area contributed by atoms with Crippen LogP contribution < -0.4 is 4.74 Å². The van der Waals surface area contributed by atoms with E-state index in [1.807, 2.05) is 37.8 Å². The maximum atomic E-state index is 13.4. The van der Waals surface area contributed by atoms with Crippen LogP contribution in [0.5, 0.6) is 5.75 Å². The molecule has 0 aromatic heterocycles. The summed E-state index contributed by atoms with van der Waals surface area (Å²) in [6.45, 7) is 12.3. The Bertz CT molecular complexity index is 1030. The fourth-order valence-electron chi connectivity index (χ4n) is 3.82. The molecule has 1 aliphatic heterocycles. The molecule has 8 nitrogen and oxygen atoms in total. The molecule has 1 fully saturated rings. The average Bonchev–Trinajstić information content (AvgIpc) is 2.79. The monoisotopic (exact) mass is 439 g/mol. The molecule has 1 unspecified atom stereocenters. The number of hydrogen-bond acceptors (Lipinski definition) is 6. The predicted octanol–water partition coefficient (Wildman–Crippen LogP) is 4.23. The van der Waals surface area contributed by atoms with Crippen molar-refractivity contribution >= 4 is 11.6 Å². The van der Waals surface area contributed by atoms with Crippen molar-refractivity contribution < 1.29 is 19.2 Å². The molecule has 1 atom stereocenters. The zero-order valence-corrected chi connectivity index (χ0v) is 19.0. The topological polar surface area (TPSA) is 85.2 Å². The molecule has 2 aromatic carbocycles. The Morgan fingerprint density at radius 2 is 1.91 bits per heavy atom. The van der Waals surface area contributed by atoms with Crippen LogP contribution in [0.1, 0.15) is 40.1 Å². The molecular weight excluding hydrogens is 410 g/mol. The van der Waals surface area contributed by atoms with Crippen LogP contribution in [0.15, 0.2) is 48.8 Å². The number of nitro groups is 1. The zero-order valence-electron chi connectivity index (χ0n) is 19.0. The molecule has 0 bridgehead atoms. The summed E-state index contributed by atoms with van der Waals surface area (Å²) in [5, 5.41) is 11.3. The van der Waals surface area contributed by atoms with Crippen molar-refractivity contribution in [1.82, 2.24) is 9.80 Å². The molecule has 8 heteroatoms. The van der Waals surface area contributed by atoms with Crippen LogP contribution in [-0.4, -0.2) is 54.0 Å². The largest absolute Gasteiger partial charge is 0.479 e. The molecule has 1 aliphatic rings. The first-order chi connectivity index (χ1) is 15.2. The number of carbonyl (C=O) groups is 1. The van der Waals surface area contributed by atoms with Gasteiger partial charge < -0.3 is 14.4 Å². The Hall–Kier alpha value is -3.39. The van der Waals surface area contributed by atoms with E-state index in [2.05, 4.69) is 6.58 Å². The van der Waals surface area contributed by atoms with Gasteiger partial charge in [-0.2, -0.15) is 0 Å². The van der Waals surface area contributed by atoms with Gasteiger partial charge in [0, 0.05) is 31.8 Å². The van der Waals surface area contributed by atoms with Crippen LogP contribution in [-0.2, 0) is 4.74 Å². The fraction of sp³-hybridized carbons (Fsp3) is 0.375. The number of hydrogen-bond donors (Lipinski definition) is 0. The molecule has 1 saturated heterocycles. The van der Waals surface area contributed by atoms with Gasteiger partial charge >= 0.3 is 5.69 Å². The molecule has 0 aliphatic carbocycles. The number of aryl methyl sites for hydroxylation is 1. The number of ether oxygens (including phenoxy) is 2. The molecule has 1 amide bonds. The van der Waals surface area contributed by atoms with E-state index in [1.54, 1.807) is 30.1 Å². The second kappa shape index (κ2) is 9.82. The summed E-state index contributed by atoms with van der Waals surface area (Å²) in [5.74, 6) is 0.656. The van der Waals surface area contributed by atoms with Gasteiger partial charge in [0.1, 0.15) is 11.9 Å². The van der Waals surface area contributed by atoms with Gasteiger partial charge in [-0.1, -0.05) is 24.8 Å². The van der Waals surface area contributed by atoms with Gasteiger partial charge in [0.25, 0.3) is 5.91 Å². The number of rotatable bonds is 7. The third-order valence-electron chi connectivity index (χ3n) is 5.69. The molecule has 0 N–H and O–H groups in total. The first kappa shape index (κ1) is 23.3. The molecular formula is C24H29N3O5. The number of morpholine rings is 1. The Morgan fingerprint density at radius 1 is 1.25 bits per heavy atom. The van der Waals surface area contributed by atoms with Crippen molar-refractivity contribution in [3.8, 4) is 5.75 Å². The van der Waals surface area contributed by atoms with Gasteiger partial charge in [-0.05, 0) is 49.6 Å². The van der Waals surface area contributed by atoms with Crippen molar-refractivity contribution in [3.63, 3.8) is 0 Å². The molecule has 32 heavy (non-hydrogen) atoms. The summed E-state index contributed by atoms with van der Waals surface area (Å²) in [6.07, 6.45) is -0.490. The van der Waals surface area contributed by atoms with E-state index in [1.165, 1.54) is 6.07 Å². The SMILES string of the molecule is C=C(N1CCOCC1)N(C)C(=O)c1cc(C)cc(C(C)Oc2ccccc2[N+](=O)[O-])c1C. The highest BCUT2D eigenvalue weighted by atomic mass is 16.6. The number of amides is 1. The minimum absolute atomic E-state index is 0.0949. The third kappa shape index (κ3) is 4.91. The van der Waals surface area contributed by atoms with Crippen molar-refractivity contribution in [2.24, 2.45) is 0 Å². The van der Waals surface area contributed by atoms with Crippen LogP contribution in [0, 0.1) is 24.0 Å². The molecule has 1 heterocycles. The van der Waals surface area contributed by atoms with E-state index in [-0.39, 0.29) is 17.3 Å². The Balaban J connectivity index is 1.87. The van der Waals surface area contributed by atoms with E-state index in [4.69, 9.17) is 9.47 Å². The second-order valence-corrected chi connectivity index (χ2v) is 7.89. The Labute approximate surface area is 188 Å². The van der Waals surface area contributed by atoms with Crippen LogP contribution in [0.25, 0.3) is 0 Å². The van der Waals surface area contributed by atoms with Crippen molar-refractivity contribution in [2.75, 3.05) is 33.4 Å². The lowest BCUT2D eigenvalue weighted by Gasteiger charge is -2.34. The van der Waals surface area contributed by atoms with E-state index in [9.17, 15) is 14.9 Å². The third-order valence-corrected chi connectivity index (χ3v) is 5.69. The molecule has 0 radical (unpaired) electrons. The predicted molar refractivity (Wildman–Crippen MR) is 122 cm³/mol. The lowest BCUT2D eigenvalue weighted by Crippen LogP contribution is -2.42. The van der Waals surface area contributed by atoms with E-state index >= 15 is 0 Å². The lowest BCUT2D eigenvalue weighted by molar-refractivity contribution is -0.386. The number of benzene rings is 2. The van der Waals surface area contributed by atoms with Crippen molar-refractivity contribution in [2.45, 2.75) is 26.9 Å². The smallest absolute Gasteiger partial charge is 0.310 e. The summed E-state index contributed by atoms with van der Waals surface area (Å²) < 4.78 is 11.3. The van der Waals surface area contributed by atoms with Crippen molar-refractivity contribution in [1.29, 1.82) is 0 Å². The van der Waals surface area contributed by atoms with Gasteiger partial charge in [-0.15, -0.1) is 0 Å². The summed E-state index contributed by atoms with van der Waals surface area (Å²) >= 11 is 0. The number of carbonyl (C=O) groups excluding carboxylic acids is 1. The summed E-state index contributed by atoms with van der Waals surface area (Å²) in [5.41, 5.74) is 2.93. The van der Waals surface area contributed by atoms with Gasteiger partial charge in [0.05, 0.1) is 18.1 Å². The van der Waals surface area contributed by atoms with Crippen LogP contribution >= 0.6 is 0 Å². The Kier molecular flexibility index (Phi) is 7.15. The molecule has 0 spiro atoms. The maximum Gasteiger partial charge on any atom is 0.310 e. The molecule has 2 aromatic rings. The van der Waals surface area contributed by atoms with Crippen LogP contribution in [0.2, 0.25) is 0 Å². The second-order valence-electron chi connectivity index (χ2n) is 7.89.